The number of rotatable bonds is 6. The van der Waals surface area contributed by atoms with Crippen molar-refractivity contribution >= 4 is 11.7 Å². The molecule has 1 aromatic heterocycles. The van der Waals surface area contributed by atoms with Gasteiger partial charge in [0.2, 0.25) is 0 Å². The Morgan fingerprint density at radius 2 is 2.20 bits per heavy atom. The SMILES string of the molecule is CCCn1ccc(CNc2cccc(C(=O)O)c2C)n1. The molecule has 0 aliphatic carbocycles. The van der Waals surface area contributed by atoms with Gasteiger partial charge in [-0.3, -0.25) is 4.68 Å². The van der Waals surface area contributed by atoms with Crippen molar-refractivity contribution in [3.05, 3.63) is 47.3 Å². The van der Waals surface area contributed by atoms with Crippen LogP contribution in [-0.2, 0) is 13.1 Å². The molecule has 0 amide bonds. The molecule has 0 bridgehead atoms. The largest absolute Gasteiger partial charge is 0.478 e. The van der Waals surface area contributed by atoms with E-state index in [-0.39, 0.29) is 0 Å². The minimum Gasteiger partial charge on any atom is -0.478 e. The second-order valence-corrected chi connectivity index (χ2v) is 4.71. The third-order valence-electron chi connectivity index (χ3n) is 3.17. The van der Waals surface area contributed by atoms with Gasteiger partial charge in [0, 0.05) is 18.4 Å². The normalized spacial score (nSPS) is 10.5. The van der Waals surface area contributed by atoms with Crippen LogP contribution >= 0.6 is 0 Å². The van der Waals surface area contributed by atoms with Gasteiger partial charge in [0.25, 0.3) is 0 Å². The van der Waals surface area contributed by atoms with E-state index in [9.17, 15) is 4.79 Å². The molecule has 5 heteroatoms. The highest BCUT2D eigenvalue weighted by Crippen LogP contribution is 2.19. The van der Waals surface area contributed by atoms with Crippen molar-refractivity contribution in [2.24, 2.45) is 0 Å². The van der Waals surface area contributed by atoms with Gasteiger partial charge in [-0.1, -0.05) is 13.0 Å². The number of aromatic carboxylic acids is 1. The van der Waals surface area contributed by atoms with Gasteiger partial charge >= 0.3 is 5.97 Å². The summed E-state index contributed by atoms with van der Waals surface area (Å²) in [6, 6.07) is 7.21. The van der Waals surface area contributed by atoms with Crippen molar-refractivity contribution in [3.8, 4) is 0 Å². The molecule has 1 heterocycles. The molecule has 0 fully saturated rings. The molecule has 0 saturated carbocycles. The van der Waals surface area contributed by atoms with Gasteiger partial charge in [-0.25, -0.2) is 4.79 Å². The van der Waals surface area contributed by atoms with E-state index in [0.717, 1.165) is 29.9 Å². The Morgan fingerprint density at radius 3 is 2.90 bits per heavy atom. The van der Waals surface area contributed by atoms with Gasteiger partial charge in [0.1, 0.15) is 0 Å². The second kappa shape index (κ2) is 6.23. The highest BCUT2D eigenvalue weighted by atomic mass is 16.4. The quantitative estimate of drug-likeness (QED) is 0.849. The summed E-state index contributed by atoms with van der Waals surface area (Å²) in [6.07, 6.45) is 3.01. The zero-order chi connectivity index (χ0) is 14.5. The van der Waals surface area contributed by atoms with E-state index in [1.165, 1.54) is 0 Å². The summed E-state index contributed by atoms with van der Waals surface area (Å²) in [5, 5.41) is 16.8. The molecule has 0 aliphatic rings. The van der Waals surface area contributed by atoms with Crippen LogP contribution in [0.2, 0.25) is 0 Å². The van der Waals surface area contributed by atoms with Gasteiger partial charge in [-0.2, -0.15) is 5.10 Å². The first-order valence-electron chi connectivity index (χ1n) is 6.71. The molecule has 0 spiro atoms. The minimum atomic E-state index is -0.904. The summed E-state index contributed by atoms with van der Waals surface area (Å²) in [7, 11) is 0. The Labute approximate surface area is 118 Å². The molecule has 0 radical (unpaired) electrons. The van der Waals surface area contributed by atoms with E-state index in [0.29, 0.717) is 12.1 Å². The van der Waals surface area contributed by atoms with E-state index in [1.54, 1.807) is 12.1 Å². The number of carbonyl (C=O) groups is 1. The maximum absolute atomic E-state index is 11.1. The fourth-order valence-electron chi connectivity index (χ4n) is 2.10. The van der Waals surface area contributed by atoms with Crippen LogP contribution in [0, 0.1) is 6.92 Å². The molecule has 5 nitrogen and oxygen atoms in total. The van der Waals surface area contributed by atoms with Crippen LogP contribution in [0.1, 0.15) is 35.0 Å². The maximum atomic E-state index is 11.1. The monoisotopic (exact) mass is 273 g/mol. The average Bonchev–Trinajstić information content (AvgIpc) is 2.85. The zero-order valence-corrected chi connectivity index (χ0v) is 11.8. The lowest BCUT2D eigenvalue weighted by Gasteiger charge is -2.10. The number of nitrogens with zero attached hydrogens (tertiary/aromatic N) is 2. The molecule has 0 unspecified atom stereocenters. The summed E-state index contributed by atoms with van der Waals surface area (Å²) in [5.74, 6) is -0.904. The summed E-state index contributed by atoms with van der Waals surface area (Å²) in [4.78, 5) is 11.1. The predicted molar refractivity (Wildman–Crippen MR) is 78.0 cm³/mol. The smallest absolute Gasteiger partial charge is 0.336 e. The Kier molecular flexibility index (Phi) is 4.40. The molecule has 20 heavy (non-hydrogen) atoms. The van der Waals surface area contributed by atoms with Crippen LogP contribution in [0.3, 0.4) is 0 Å². The van der Waals surface area contributed by atoms with Gasteiger partial charge < -0.3 is 10.4 Å². The molecule has 2 aromatic rings. The van der Waals surface area contributed by atoms with E-state index in [1.807, 2.05) is 29.9 Å². The maximum Gasteiger partial charge on any atom is 0.336 e. The number of carboxylic acid groups (broad SMARTS) is 1. The second-order valence-electron chi connectivity index (χ2n) is 4.71. The zero-order valence-electron chi connectivity index (χ0n) is 11.8. The van der Waals surface area contributed by atoms with Gasteiger partial charge in [0.15, 0.2) is 0 Å². The molecule has 2 rings (SSSR count). The fraction of sp³-hybridized carbons (Fsp3) is 0.333. The Morgan fingerprint density at radius 1 is 1.40 bits per heavy atom. The van der Waals surface area contributed by atoms with Crippen LogP contribution in [0.5, 0.6) is 0 Å². The average molecular weight is 273 g/mol. The highest BCUT2D eigenvalue weighted by molar-refractivity contribution is 5.91. The van der Waals surface area contributed by atoms with Crippen molar-refractivity contribution < 1.29 is 9.90 Å². The number of benzene rings is 1. The first kappa shape index (κ1) is 14.1. The van der Waals surface area contributed by atoms with Crippen molar-refractivity contribution in [1.82, 2.24) is 9.78 Å². The number of anilines is 1. The van der Waals surface area contributed by atoms with E-state index in [4.69, 9.17) is 5.11 Å². The first-order chi connectivity index (χ1) is 9.61. The van der Waals surface area contributed by atoms with Crippen molar-refractivity contribution in [2.75, 3.05) is 5.32 Å². The number of hydrogen-bond donors (Lipinski definition) is 2. The summed E-state index contributed by atoms with van der Waals surface area (Å²) >= 11 is 0. The third kappa shape index (κ3) is 3.17. The van der Waals surface area contributed by atoms with E-state index < -0.39 is 5.97 Å². The molecular weight excluding hydrogens is 254 g/mol. The highest BCUT2D eigenvalue weighted by Gasteiger charge is 2.10. The summed E-state index contributed by atoms with van der Waals surface area (Å²) < 4.78 is 1.91. The van der Waals surface area contributed by atoms with E-state index >= 15 is 0 Å². The van der Waals surface area contributed by atoms with Crippen LogP contribution in [-0.4, -0.2) is 20.9 Å². The molecule has 0 aliphatic heterocycles. The van der Waals surface area contributed by atoms with Crippen molar-refractivity contribution in [3.63, 3.8) is 0 Å². The molecule has 1 aromatic carbocycles. The molecule has 106 valence electrons. The van der Waals surface area contributed by atoms with E-state index in [2.05, 4.69) is 17.3 Å². The summed E-state index contributed by atoms with van der Waals surface area (Å²) in [6.45, 7) is 5.41. The molecule has 0 atom stereocenters. The Bertz CT molecular complexity index is 605. The molecule has 0 saturated heterocycles. The molecular formula is C15H19N3O2. The predicted octanol–water partition coefficient (Wildman–Crippen LogP) is 2.91. The lowest BCUT2D eigenvalue weighted by atomic mass is 10.1. The number of aryl methyl sites for hydroxylation is 1. The van der Waals surface area contributed by atoms with Gasteiger partial charge in [-0.15, -0.1) is 0 Å². The topological polar surface area (TPSA) is 67.2 Å². The number of carboxylic acids is 1. The molecule has 2 N–H and O–H groups in total. The van der Waals surface area contributed by atoms with Crippen LogP contribution < -0.4 is 5.32 Å². The first-order valence-corrected chi connectivity index (χ1v) is 6.71. The lowest BCUT2D eigenvalue weighted by molar-refractivity contribution is 0.0696. The van der Waals surface area contributed by atoms with Crippen LogP contribution in [0.25, 0.3) is 0 Å². The number of nitrogens with one attached hydrogen (secondary N) is 1. The van der Waals surface area contributed by atoms with Crippen LogP contribution in [0.15, 0.2) is 30.5 Å². The standard InChI is InChI=1S/C15H19N3O2/c1-3-8-18-9-7-12(17-18)10-16-14-6-4-5-13(11(14)2)15(19)20/h4-7,9,16H,3,8,10H2,1-2H3,(H,19,20). The Balaban J connectivity index is 2.06. The third-order valence-corrected chi connectivity index (χ3v) is 3.17. The minimum absolute atomic E-state index is 0.325. The number of hydrogen-bond acceptors (Lipinski definition) is 3. The van der Waals surface area contributed by atoms with Crippen LogP contribution in [0.4, 0.5) is 5.69 Å². The van der Waals surface area contributed by atoms with Gasteiger partial charge in [-0.05, 0) is 37.1 Å². The lowest BCUT2D eigenvalue weighted by Crippen LogP contribution is -2.06. The van der Waals surface area contributed by atoms with Crippen molar-refractivity contribution in [2.45, 2.75) is 33.4 Å². The van der Waals surface area contributed by atoms with Gasteiger partial charge in [0.05, 0.1) is 17.8 Å². The fourth-order valence-corrected chi connectivity index (χ4v) is 2.10. The summed E-state index contributed by atoms with van der Waals surface area (Å²) in [5.41, 5.74) is 2.84. The number of aromatic nitrogens is 2. The van der Waals surface area contributed by atoms with Crippen molar-refractivity contribution in [1.29, 1.82) is 0 Å². The Hall–Kier alpha value is -2.30.